The van der Waals surface area contributed by atoms with Gasteiger partial charge in [-0.05, 0) is 32.9 Å². The van der Waals surface area contributed by atoms with Crippen molar-refractivity contribution in [3.05, 3.63) is 70.8 Å². The van der Waals surface area contributed by atoms with E-state index in [1.54, 1.807) is 63.4 Å². The van der Waals surface area contributed by atoms with Crippen LogP contribution in [0.5, 0.6) is 0 Å². The van der Waals surface area contributed by atoms with Crippen molar-refractivity contribution in [2.24, 2.45) is 0 Å². The molecule has 0 bridgehead atoms. The fourth-order valence-corrected chi connectivity index (χ4v) is 3.07. The Morgan fingerprint density at radius 3 is 2.38 bits per heavy atom. The molecule has 1 aromatic carbocycles. The lowest BCUT2D eigenvalue weighted by atomic mass is 10.0. The number of ether oxygens (including phenoxy) is 3. The number of carbonyl (C=O) groups is 2. The van der Waals surface area contributed by atoms with Crippen molar-refractivity contribution in [2.45, 2.75) is 46.6 Å². The normalized spacial score (nSPS) is 11.6. The van der Waals surface area contributed by atoms with Crippen LogP contribution in [0, 0.1) is 0 Å². The molecule has 178 valence electrons. The summed E-state index contributed by atoms with van der Waals surface area (Å²) in [5.41, 5.74) is 0.661. The van der Waals surface area contributed by atoms with Crippen LogP contribution in [0.1, 0.15) is 38.1 Å². The summed E-state index contributed by atoms with van der Waals surface area (Å²) in [6.07, 6.45) is 0.443. The van der Waals surface area contributed by atoms with Gasteiger partial charge in [-0.25, -0.2) is 14.3 Å². The van der Waals surface area contributed by atoms with E-state index in [2.05, 4.69) is 15.4 Å². The second-order valence-corrected chi connectivity index (χ2v) is 7.46. The van der Waals surface area contributed by atoms with Gasteiger partial charge in [-0.3, -0.25) is 9.78 Å². The van der Waals surface area contributed by atoms with E-state index >= 15 is 0 Å². The number of rotatable bonds is 8. The standard InChI is InChI=1S/C24H26N4O6/c1-5-28-22(29)21(26-18-12-9-13-25-14-18)19(20(27-28)17-10-7-6-8-11-17)23(30)33-16(4)34-24(31)32-15(2)3/h6-16,26H,5H2,1-4H3. The number of hydrogen-bond acceptors (Lipinski definition) is 9. The highest BCUT2D eigenvalue weighted by molar-refractivity contribution is 6.02. The predicted molar refractivity (Wildman–Crippen MR) is 125 cm³/mol. The Labute approximate surface area is 196 Å². The van der Waals surface area contributed by atoms with E-state index in [-0.39, 0.29) is 23.5 Å². The van der Waals surface area contributed by atoms with Crippen LogP contribution in [-0.2, 0) is 20.8 Å². The number of carbonyl (C=O) groups excluding carboxylic acids is 2. The smallest absolute Gasteiger partial charge is 0.431 e. The molecule has 34 heavy (non-hydrogen) atoms. The second-order valence-electron chi connectivity index (χ2n) is 7.46. The van der Waals surface area contributed by atoms with Crippen LogP contribution in [-0.4, -0.2) is 39.3 Å². The molecule has 0 spiro atoms. The van der Waals surface area contributed by atoms with Crippen molar-refractivity contribution in [3.63, 3.8) is 0 Å². The van der Waals surface area contributed by atoms with Crippen molar-refractivity contribution in [1.29, 1.82) is 0 Å². The summed E-state index contributed by atoms with van der Waals surface area (Å²) in [5, 5.41) is 7.38. The van der Waals surface area contributed by atoms with E-state index in [9.17, 15) is 14.4 Å². The average molecular weight is 466 g/mol. The summed E-state index contributed by atoms with van der Waals surface area (Å²) in [5.74, 6) is -0.900. The fourth-order valence-electron chi connectivity index (χ4n) is 3.07. The van der Waals surface area contributed by atoms with Crippen LogP contribution >= 0.6 is 0 Å². The number of hydrogen-bond donors (Lipinski definition) is 1. The highest BCUT2D eigenvalue weighted by Gasteiger charge is 2.28. The summed E-state index contributed by atoms with van der Waals surface area (Å²) in [7, 11) is 0. The molecular formula is C24H26N4O6. The van der Waals surface area contributed by atoms with E-state index < -0.39 is 30.1 Å². The van der Waals surface area contributed by atoms with Crippen LogP contribution in [0.4, 0.5) is 16.2 Å². The quantitative estimate of drug-likeness (QED) is 0.386. The molecule has 1 unspecified atom stereocenters. The second kappa shape index (κ2) is 11.1. The molecule has 0 aliphatic heterocycles. The first kappa shape index (κ1) is 24.4. The number of anilines is 2. The zero-order valence-electron chi connectivity index (χ0n) is 19.3. The Bertz CT molecular complexity index is 1200. The summed E-state index contributed by atoms with van der Waals surface area (Å²) in [4.78, 5) is 42.4. The molecule has 0 radical (unpaired) electrons. The fraction of sp³-hybridized carbons (Fsp3) is 0.292. The lowest BCUT2D eigenvalue weighted by Gasteiger charge is -2.19. The third-order valence-electron chi connectivity index (χ3n) is 4.50. The number of esters is 1. The zero-order valence-corrected chi connectivity index (χ0v) is 19.3. The number of benzene rings is 1. The van der Waals surface area contributed by atoms with Gasteiger partial charge in [-0.2, -0.15) is 5.10 Å². The van der Waals surface area contributed by atoms with E-state index in [4.69, 9.17) is 14.2 Å². The molecular weight excluding hydrogens is 440 g/mol. The lowest BCUT2D eigenvalue weighted by Crippen LogP contribution is -2.30. The van der Waals surface area contributed by atoms with Crippen molar-refractivity contribution >= 4 is 23.5 Å². The Morgan fingerprint density at radius 1 is 1.03 bits per heavy atom. The topological polar surface area (TPSA) is 122 Å². The first-order chi connectivity index (χ1) is 16.3. The molecule has 0 aliphatic carbocycles. The minimum atomic E-state index is -1.28. The number of aromatic nitrogens is 3. The lowest BCUT2D eigenvalue weighted by molar-refractivity contribution is -0.0865. The Balaban J connectivity index is 2.08. The molecule has 0 amide bonds. The molecule has 2 aromatic heterocycles. The largest absolute Gasteiger partial charge is 0.511 e. The Kier molecular flexibility index (Phi) is 7.96. The number of nitrogens with one attached hydrogen (secondary N) is 1. The van der Waals surface area contributed by atoms with Gasteiger partial charge < -0.3 is 19.5 Å². The van der Waals surface area contributed by atoms with Gasteiger partial charge in [-0.15, -0.1) is 0 Å². The number of pyridine rings is 1. The summed E-state index contributed by atoms with van der Waals surface area (Å²) >= 11 is 0. The van der Waals surface area contributed by atoms with Gasteiger partial charge in [-0.1, -0.05) is 30.3 Å². The number of nitrogens with zero attached hydrogens (tertiary/aromatic N) is 3. The van der Waals surface area contributed by atoms with Crippen LogP contribution in [0.3, 0.4) is 0 Å². The summed E-state index contributed by atoms with van der Waals surface area (Å²) in [6.45, 7) is 6.74. The molecule has 0 fully saturated rings. The Morgan fingerprint density at radius 2 is 1.76 bits per heavy atom. The van der Waals surface area contributed by atoms with Crippen molar-refractivity contribution in [3.8, 4) is 11.3 Å². The van der Waals surface area contributed by atoms with E-state index in [1.807, 2.05) is 6.07 Å². The van der Waals surface area contributed by atoms with Crippen LogP contribution in [0.25, 0.3) is 11.3 Å². The van der Waals surface area contributed by atoms with Gasteiger partial charge in [0.15, 0.2) is 0 Å². The third-order valence-corrected chi connectivity index (χ3v) is 4.50. The molecule has 10 nitrogen and oxygen atoms in total. The molecule has 0 saturated carbocycles. The van der Waals surface area contributed by atoms with E-state index in [0.717, 1.165) is 0 Å². The molecule has 3 rings (SSSR count). The Hall–Kier alpha value is -4.21. The monoisotopic (exact) mass is 466 g/mol. The van der Waals surface area contributed by atoms with Crippen molar-refractivity contribution in [1.82, 2.24) is 14.8 Å². The van der Waals surface area contributed by atoms with Gasteiger partial charge in [0.1, 0.15) is 16.9 Å². The van der Waals surface area contributed by atoms with Crippen molar-refractivity contribution in [2.75, 3.05) is 5.32 Å². The zero-order chi connectivity index (χ0) is 24.7. The maximum absolute atomic E-state index is 13.3. The first-order valence-corrected chi connectivity index (χ1v) is 10.8. The third kappa shape index (κ3) is 5.97. The van der Waals surface area contributed by atoms with Gasteiger partial charge in [0, 0.05) is 25.2 Å². The van der Waals surface area contributed by atoms with Crippen molar-refractivity contribution < 1.29 is 23.8 Å². The molecule has 1 N–H and O–H groups in total. The SMILES string of the molecule is CCn1nc(-c2ccccc2)c(C(=O)OC(C)OC(=O)OC(C)C)c(Nc2cccnc2)c1=O. The van der Waals surface area contributed by atoms with Gasteiger partial charge >= 0.3 is 12.1 Å². The van der Waals surface area contributed by atoms with Crippen LogP contribution in [0.2, 0.25) is 0 Å². The number of aryl methyl sites for hydroxylation is 1. The van der Waals surface area contributed by atoms with Gasteiger partial charge in [0.25, 0.3) is 5.56 Å². The minimum Gasteiger partial charge on any atom is -0.431 e. The highest BCUT2D eigenvalue weighted by Crippen LogP contribution is 2.28. The average Bonchev–Trinajstić information content (AvgIpc) is 2.80. The predicted octanol–water partition coefficient (Wildman–Crippen LogP) is 4.13. The van der Waals surface area contributed by atoms with E-state index in [0.29, 0.717) is 11.3 Å². The minimum absolute atomic E-state index is 0.0364. The molecule has 1 atom stereocenters. The maximum atomic E-state index is 13.3. The summed E-state index contributed by atoms with van der Waals surface area (Å²) in [6, 6.07) is 12.3. The first-order valence-electron chi connectivity index (χ1n) is 10.8. The summed E-state index contributed by atoms with van der Waals surface area (Å²) < 4.78 is 16.5. The van der Waals surface area contributed by atoms with E-state index in [1.165, 1.54) is 17.8 Å². The highest BCUT2D eigenvalue weighted by atomic mass is 16.8. The van der Waals surface area contributed by atoms with Gasteiger partial charge in [0.05, 0.1) is 18.0 Å². The van der Waals surface area contributed by atoms with Gasteiger partial charge in [0.2, 0.25) is 6.29 Å². The molecule has 2 heterocycles. The van der Waals surface area contributed by atoms with Crippen LogP contribution in [0.15, 0.2) is 59.7 Å². The molecule has 0 aliphatic rings. The maximum Gasteiger partial charge on any atom is 0.511 e. The molecule has 10 heteroatoms. The molecule has 0 saturated heterocycles. The molecule has 3 aromatic rings. The van der Waals surface area contributed by atoms with Crippen LogP contribution < -0.4 is 10.9 Å².